The summed E-state index contributed by atoms with van der Waals surface area (Å²) in [5, 5.41) is 24.9. The predicted octanol–water partition coefficient (Wildman–Crippen LogP) is 0.991. The molecule has 11 heteroatoms. The van der Waals surface area contributed by atoms with Crippen LogP contribution in [-0.2, 0) is 16.0 Å². The number of aromatic nitrogens is 2. The number of rotatable bonds is 9. The maximum atomic E-state index is 12.4. The van der Waals surface area contributed by atoms with Crippen LogP contribution in [-0.4, -0.2) is 50.6 Å². The Balaban J connectivity index is 1.59. The van der Waals surface area contributed by atoms with Crippen LogP contribution in [0.15, 0.2) is 24.3 Å². The fourth-order valence-corrected chi connectivity index (χ4v) is 3.98. The molecule has 176 valence electrons. The van der Waals surface area contributed by atoms with Crippen LogP contribution in [0.5, 0.6) is 5.88 Å². The lowest BCUT2D eigenvalue weighted by Gasteiger charge is -2.27. The maximum absolute atomic E-state index is 12.4. The number of aromatic hydroxyl groups is 1. The van der Waals surface area contributed by atoms with Gasteiger partial charge in [-0.25, -0.2) is 4.79 Å². The van der Waals surface area contributed by atoms with E-state index in [2.05, 4.69) is 27.5 Å². The third kappa shape index (κ3) is 6.09. The van der Waals surface area contributed by atoms with Crippen molar-refractivity contribution in [1.29, 1.82) is 0 Å². The molecule has 0 spiro atoms. The van der Waals surface area contributed by atoms with Crippen molar-refractivity contribution in [3.8, 4) is 5.88 Å². The second-order valence-electron chi connectivity index (χ2n) is 8.31. The molecule has 0 radical (unpaired) electrons. The summed E-state index contributed by atoms with van der Waals surface area (Å²) in [6.07, 6.45) is 1.25. The average Bonchev–Trinajstić information content (AvgIpc) is 2.76. The summed E-state index contributed by atoms with van der Waals surface area (Å²) in [6.45, 7) is 2.77. The van der Waals surface area contributed by atoms with E-state index in [1.807, 2.05) is 12.1 Å². The zero-order chi connectivity index (χ0) is 24.1. The average molecular weight is 457 g/mol. The Morgan fingerprint density at radius 3 is 2.58 bits per heavy atom. The van der Waals surface area contributed by atoms with Crippen LogP contribution < -0.4 is 22.1 Å². The summed E-state index contributed by atoms with van der Waals surface area (Å²) in [7, 11) is 0. The van der Waals surface area contributed by atoms with Crippen molar-refractivity contribution in [3.63, 3.8) is 0 Å². The normalized spacial score (nSPS) is 16.7. The molecule has 0 saturated heterocycles. The number of nitrogen functional groups attached to an aromatic ring is 1. The van der Waals surface area contributed by atoms with Gasteiger partial charge in [0.2, 0.25) is 17.7 Å². The van der Waals surface area contributed by atoms with E-state index in [1.54, 1.807) is 12.1 Å². The van der Waals surface area contributed by atoms with Crippen LogP contribution >= 0.6 is 0 Å². The van der Waals surface area contributed by atoms with Crippen molar-refractivity contribution in [2.75, 3.05) is 17.6 Å². The fourth-order valence-electron chi connectivity index (χ4n) is 3.98. The van der Waals surface area contributed by atoms with Gasteiger partial charge in [0.05, 0.1) is 5.56 Å². The van der Waals surface area contributed by atoms with Gasteiger partial charge in [-0.15, -0.1) is 0 Å². The van der Waals surface area contributed by atoms with Gasteiger partial charge in [0.25, 0.3) is 5.91 Å². The second-order valence-corrected chi connectivity index (χ2v) is 8.31. The summed E-state index contributed by atoms with van der Waals surface area (Å²) >= 11 is 0. The van der Waals surface area contributed by atoms with E-state index in [9.17, 15) is 24.6 Å². The number of carboxylic acid groups (broad SMARTS) is 1. The number of primary amides is 1. The van der Waals surface area contributed by atoms with E-state index >= 15 is 0 Å². The molecule has 11 nitrogen and oxygen atoms in total. The van der Waals surface area contributed by atoms with Crippen molar-refractivity contribution in [3.05, 3.63) is 41.0 Å². The molecule has 0 bridgehead atoms. The molecule has 1 aliphatic rings. The lowest BCUT2D eigenvalue weighted by molar-refractivity contribution is -0.139. The molecule has 2 aromatic rings. The lowest BCUT2D eigenvalue weighted by Crippen LogP contribution is -2.41. The first kappa shape index (κ1) is 23.8. The Bertz CT molecular complexity index is 1040. The number of carboxylic acids is 1. The zero-order valence-electron chi connectivity index (χ0n) is 18.2. The maximum Gasteiger partial charge on any atom is 0.326 e. The molecule has 2 heterocycles. The zero-order valence-corrected chi connectivity index (χ0v) is 18.2. The number of nitrogens with two attached hydrogens (primary N) is 2. The molecule has 0 saturated carbocycles. The minimum Gasteiger partial charge on any atom is -0.493 e. The number of benzene rings is 1. The first-order valence-electron chi connectivity index (χ1n) is 10.6. The summed E-state index contributed by atoms with van der Waals surface area (Å²) in [5.74, 6) is -1.48. The molecular weight excluding hydrogens is 428 g/mol. The largest absolute Gasteiger partial charge is 0.493 e. The van der Waals surface area contributed by atoms with E-state index < -0.39 is 23.8 Å². The molecule has 2 amide bonds. The van der Waals surface area contributed by atoms with Gasteiger partial charge >= 0.3 is 5.97 Å². The first-order valence-corrected chi connectivity index (χ1v) is 10.6. The molecule has 3 rings (SSSR count). The standard InChI is InChI=1S/C22H28N6O5/c1-11(8-12-9-15-18(25-10-12)27-22(24)28-20(15)31)13-2-4-14(5-3-13)19(30)26-16(21(32)33)6-7-17(23)29/h2-5,11-12,16H,6-10H2,1H3,(H2,23,29)(H,26,30)(H,32,33)(H4,24,25,27,28,31)/t11?,12?,16-/m0/s1. The Morgan fingerprint density at radius 2 is 1.94 bits per heavy atom. The van der Waals surface area contributed by atoms with Crippen LogP contribution in [0.1, 0.15) is 53.6 Å². The Labute approximate surface area is 190 Å². The first-order chi connectivity index (χ1) is 15.6. The SMILES string of the molecule is CC(CC1CNc2nc(N)nc(O)c2C1)c1ccc(C(=O)N[C@@H](CCC(N)=O)C(=O)O)cc1. The monoisotopic (exact) mass is 456 g/mol. The number of nitrogens with zero attached hydrogens (tertiary/aromatic N) is 2. The summed E-state index contributed by atoms with van der Waals surface area (Å²) < 4.78 is 0. The molecule has 2 unspecified atom stereocenters. The van der Waals surface area contributed by atoms with Crippen molar-refractivity contribution in [2.45, 2.75) is 44.6 Å². The van der Waals surface area contributed by atoms with E-state index in [4.69, 9.17) is 11.5 Å². The smallest absolute Gasteiger partial charge is 0.326 e. The number of carbonyl (C=O) groups excluding carboxylic acids is 2. The molecule has 1 aliphatic heterocycles. The lowest BCUT2D eigenvalue weighted by atomic mass is 9.85. The highest BCUT2D eigenvalue weighted by Gasteiger charge is 2.26. The van der Waals surface area contributed by atoms with Crippen LogP contribution in [0.3, 0.4) is 0 Å². The van der Waals surface area contributed by atoms with Gasteiger partial charge < -0.3 is 32.3 Å². The van der Waals surface area contributed by atoms with Crippen LogP contribution in [0.2, 0.25) is 0 Å². The van der Waals surface area contributed by atoms with Crippen molar-refractivity contribution >= 4 is 29.5 Å². The number of fused-ring (bicyclic) bond motifs is 1. The van der Waals surface area contributed by atoms with E-state index in [1.165, 1.54) is 0 Å². The van der Waals surface area contributed by atoms with E-state index in [0.29, 0.717) is 29.9 Å². The Morgan fingerprint density at radius 1 is 1.24 bits per heavy atom. The molecule has 33 heavy (non-hydrogen) atoms. The summed E-state index contributed by atoms with van der Waals surface area (Å²) in [5.41, 5.74) is 12.6. The number of hydrogen-bond acceptors (Lipinski definition) is 8. The summed E-state index contributed by atoms with van der Waals surface area (Å²) in [4.78, 5) is 42.6. The highest BCUT2D eigenvalue weighted by atomic mass is 16.4. The molecule has 0 fully saturated rings. The molecule has 1 aromatic heterocycles. The van der Waals surface area contributed by atoms with Crippen LogP contribution in [0, 0.1) is 5.92 Å². The van der Waals surface area contributed by atoms with E-state index in [-0.39, 0.29) is 36.5 Å². The fraction of sp³-hybridized carbons (Fsp3) is 0.409. The van der Waals surface area contributed by atoms with Crippen LogP contribution in [0.4, 0.5) is 11.8 Å². The van der Waals surface area contributed by atoms with Gasteiger partial charge in [-0.2, -0.15) is 9.97 Å². The quantitative estimate of drug-likeness (QED) is 0.319. The van der Waals surface area contributed by atoms with Gasteiger partial charge in [-0.3, -0.25) is 9.59 Å². The highest BCUT2D eigenvalue weighted by Crippen LogP contribution is 2.34. The van der Waals surface area contributed by atoms with Crippen molar-refractivity contribution in [1.82, 2.24) is 15.3 Å². The van der Waals surface area contributed by atoms with Crippen molar-refractivity contribution < 1.29 is 24.6 Å². The number of hydrogen-bond donors (Lipinski definition) is 6. The highest BCUT2D eigenvalue weighted by molar-refractivity contribution is 5.96. The second kappa shape index (κ2) is 10.2. The van der Waals surface area contributed by atoms with E-state index in [0.717, 1.165) is 12.0 Å². The number of carbonyl (C=O) groups is 3. The van der Waals surface area contributed by atoms with Gasteiger partial charge in [-0.1, -0.05) is 19.1 Å². The number of aliphatic carboxylic acids is 1. The molecule has 8 N–H and O–H groups in total. The Hall–Kier alpha value is -3.89. The van der Waals surface area contributed by atoms with Gasteiger partial charge in [0.1, 0.15) is 11.9 Å². The number of amides is 2. The minimum atomic E-state index is -1.23. The molecule has 3 atom stereocenters. The van der Waals surface area contributed by atoms with Crippen LogP contribution in [0.25, 0.3) is 0 Å². The minimum absolute atomic E-state index is 0.0252. The molecular formula is C22H28N6O5. The number of nitrogens with one attached hydrogen (secondary N) is 2. The van der Waals surface area contributed by atoms with Gasteiger partial charge in [-0.05, 0) is 48.8 Å². The topological polar surface area (TPSA) is 194 Å². The van der Waals surface area contributed by atoms with Gasteiger partial charge in [0.15, 0.2) is 0 Å². The van der Waals surface area contributed by atoms with Gasteiger partial charge in [0, 0.05) is 18.5 Å². The summed E-state index contributed by atoms with van der Waals surface area (Å²) in [6, 6.07) is 5.77. The molecule has 1 aromatic carbocycles. The van der Waals surface area contributed by atoms with Crippen molar-refractivity contribution in [2.24, 2.45) is 11.7 Å². The Kier molecular flexibility index (Phi) is 7.31. The third-order valence-corrected chi connectivity index (χ3v) is 5.77. The molecule has 0 aliphatic carbocycles. The number of anilines is 2. The predicted molar refractivity (Wildman–Crippen MR) is 121 cm³/mol. The third-order valence-electron chi connectivity index (χ3n) is 5.77.